The van der Waals surface area contributed by atoms with Crippen molar-refractivity contribution in [3.05, 3.63) is 90.0 Å². The summed E-state index contributed by atoms with van der Waals surface area (Å²) in [6, 6.07) is 29.5. The molecule has 1 nitrogen and oxygen atoms in total. The summed E-state index contributed by atoms with van der Waals surface area (Å²) in [6.07, 6.45) is 0. The Morgan fingerprint density at radius 2 is 1.42 bits per heavy atom. The molecule has 0 atom stereocenters. The van der Waals surface area contributed by atoms with Crippen LogP contribution in [0.1, 0.15) is 0 Å². The van der Waals surface area contributed by atoms with Crippen molar-refractivity contribution in [2.45, 2.75) is 0 Å². The number of rotatable bonds is 1. The van der Waals surface area contributed by atoms with Gasteiger partial charge in [-0.3, -0.25) is 0 Å². The maximum atomic E-state index is 6.57. The Bertz CT molecular complexity index is 1200. The van der Waals surface area contributed by atoms with Crippen molar-refractivity contribution >= 4 is 44.2 Å². The van der Waals surface area contributed by atoms with Gasteiger partial charge in [0.15, 0.2) is 0 Å². The molecular formula is C22H14ClN. The zero-order valence-electron chi connectivity index (χ0n) is 12.9. The second-order valence-corrected chi connectivity index (χ2v) is 6.39. The van der Waals surface area contributed by atoms with E-state index in [1.54, 1.807) is 0 Å². The fraction of sp³-hybridized carbons (Fsp3) is 0. The molecule has 0 radical (unpaired) electrons. The maximum absolute atomic E-state index is 6.57. The number of halogens is 1. The molecule has 0 aliphatic rings. The van der Waals surface area contributed by atoms with Crippen LogP contribution in [0.3, 0.4) is 0 Å². The molecule has 2 heteroatoms. The Morgan fingerprint density at radius 3 is 2.29 bits per heavy atom. The third kappa shape index (κ3) is 1.82. The normalized spacial score (nSPS) is 11.5. The minimum absolute atomic E-state index is 0.794. The molecule has 5 rings (SSSR count). The van der Waals surface area contributed by atoms with Gasteiger partial charge in [-0.15, -0.1) is 0 Å². The van der Waals surface area contributed by atoms with E-state index in [9.17, 15) is 0 Å². The summed E-state index contributed by atoms with van der Waals surface area (Å²) in [5, 5.41) is 5.58. The Kier molecular flexibility index (Phi) is 2.91. The van der Waals surface area contributed by atoms with Gasteiger partial charge < -0.3 is 4.57 Å². The van der Waals surface area contributed by atoms with Crippen LogP contribution in [0.4, 0.5) is 0 Å². The first-order chi connectivity index (χ1) is 11.8. The van der Waals surface area contributed by atoms with E-state index in [4.69, 9.17) is 11.6 Å². The molecule has 0 aliphatic carbocycles. The van der Waals surface area contributed by atoms with E-state index in [1.807, 2.05) is 18.2 Å². The summed E-state index contributed by atoms with van der Waals surface area (Å²) in [5.74, 6) is 0. The Balaban J connectivity index is 2.12. The lowest BCUT2D eigenvalue weighted by Gasteiger charge is -2.09. The predicted octanol–water partition coefficient (Wildman–Crippen LogP) is 6.59. The third-order valence-electron chi connectivity index (χ3n) is 4.64. The number of nitrogens with zero attached hydrogens (tertiary/aromatic N) is 1. The predicted molar refractivity (Wildman–Crippen MR) is 103 cm³/mol. The highest BCUT2D eigenvalue weighted by molar-refractivity contribution is 6.38. The zero-order valence-corrected chi connectivity index (χ0v) is 13.7. The highest BCUT2D eigenvalue weighted by Crippen LogP contribution is 2.39. The lowest BCUT2D eigenvalue weighted by Crippen LogP contribution is -1.93. The molecule has 0 unspecified atom stereocenters. The van der Waals surface area contributed by atoms with Gasteiger partial charge in [0.05, 0.1) is 16.1 Å². The average Bonchev–Trinajstić information content (AvgIpc) is 2.98. The number of aromatic nitrogens is 1. The summed E-state index contributed by atoms with van der Waals surface area (Å²) < 4.78 is 2.32. The second kappa shape index (κ2) is 5.12. The summed E-state index contributed by atoms with van der Waals surface area (Å²) in [7, 11) is 0. The fourth-order valence-corrected chi connectivity index (χ4v) is 3.90. The van der Waals surface area contributed by atoms with Crippen LogP contribution in [0.2, 0.25) is 5.02 Å². The zero-order chi connectivity index (χ0) is 16.1. The minimum Gasteiger partial charge on any atom is -0.309 e. The highest BCUT2D eigenvalue weighted by atomic mass is 35.5. The molecule has 0 fully saturated rings. The monoisotopic (exact) mass is 327 g/mol. The number of benzene rings is 4. The summed E-state index contributed by atoms with van der Waals surface area (Å²) in [4.78, 5) is 0. The molecule has 4 aromatic carbocycles. The van der Waals surface area contributed by atoms with Gasteiger partial charge >= 0.3 is 0 Å². The van der Waals surface area contributed by atoms with Crippen LogP contribution in [0.15, 0.2) is 84.9 Å². The van der Waals surface area contributed by atoms with Crippen molar-refractivity contribution in [1.82, 2.24) is 4.57 Å². The van der Waals surface area contributed by atoms with E-state index >= 15 is 0 Å². The number of fused-ring (bicyclic) bond motifs is 5. The highest BCUT2D eigenvalue weighted by Gasteiger charge is 2.16. The van der Waals surface area contributed by atoms with Gasteiger partial charge in [0.2, 0.25) is 0 Å². The van der Waals surface area contributed by atoms with Crippen molar-refractivity contribution in [2.75, 3.05) is 0 Å². The SMILES string of the molecule is Clc1cccc2c1c1ccc3ccccc3c1n2-c1ccccc1. The lowest BCUT2D eigenvalue weighted by atomic mass is 10.1. The van der Waals surface area contributed by atoms with Gasteiger partial charge in [-0.25, -0.2) is 0 Å². The summed E-state index contributed by atoms with van der Waals surface area (Å²) in [6.45, 7) is 0. The van der Waals surface area contributed by atoms with Crippen molar-refractivity contribution in [2.24, 2.45) is 0 Å². The number of hydrogen-bond acceptors (Lipinski definition) is 0. The van der Waals surface area contributed by atoms with Gasteiger partial charge in [-0.1, -0.05) is 72.3 Å². The standard InChI is InChI=1S/C22H14ClN/c23-19-11-6-12-20-21(19)18-14-13-15-7-4-5-10-17(15)22(18)24(20)16-8-2-1-3-9-16/h1-14H. The largest absolute Gasteiger partial charge is 0.309 e. The molecule has 1 heterocycles. The molecule has 5 aromatic rings. The quantitative estimate of drug-likeness (QED) is 0.327. The van der Waals surface area contributed by atoms with Crippen LogP contribution < -0.4 is 0 Å². The second-order valence-electron chi connectivity index (χ2n) is 5.99. The molecule has 1 aromatic heterocycles. The van der Waals surface area contributed by atoms with E-state index in [0.29, 0.717) is 0 Å². The molecule has 0 spiro atoms. The third-order valence-corrected chi connectivity index (χ3v) is 4.96. The molecule has 0 amide bonds. The van der Waals surface area contributed by atoms with E-state index in [2.05, 4.69) is 71.3 Å². The first kappa shape index (κ1) is 13.6. The van der Waals surface area contributed by atoms with E-state index in [-0.39, 0.29) is 0 Å². The van der Waals surface area contributed by atoms with Crippen molar-refractivity contribution < 1.29 is 0 Å². The summed E-state index contributed by atoms with van der Waals surface area (Å²) >= 11 is 6.57. The Hall–Kier alpha value is -2.77. The molecule has 0 saturated heterocycles. The topological polar surface area (TPSA) is 4.93 Å². The first-order valence-electron chi connectivity index (χ1n) is 8.00. The fourth-order valence-electron chi connectivity index (χ4n) is 3.63. The van der Waals surface area contributed by atoms with Gasteiger partial charge in [0.25, 0.3) is 0 Å². The van der Waals surface area contributed by atoms with Gasteiger partial charge in [-0.05, 0) is 29.7 Å². The van der Waals surface area contributed by atoms with E-state index < -0.39 is 0 Å². The van der Waals surface area contributed by atoms with Crippen LogP contribution in [-0.2, 0) is 0 Å². The van der Waals surface area contributed by atoms with Crippen LogP contribution >= 0.6 is 11.6 Å². The van der Waals surface area contributed by atoms with Crippen LogP contribution in [-0.4, -0.2) is 4.57 Å². The van der Waals surface area contributed by atoms with Crippen molar-refractivity contribution in [3.63, 3.8) is 0 Å². The van der Waals surface area contributed by atoms with Crippen molar-refractivity contribution in [1.29, 1.82) is 0 Å². The molecule has 114 valence electrons. The molecule has 0 bridgehead atoms. The minimum atomic E-state index is 0.794. The molecule has 24 heavy (non-hydrogen) atoms. The molecular weight excluding hydrogens is 314 g/mol. The first-order valence-corrected chi connectivity index (χ1v) is 8.38. The average molecular weight is 328 g/mol. The Morgan fingerprint density at radius 1 is 0.625 bits per heavy atom. The van der Waals surface area contributed by atoms with Gasteiger partial charge in [-0.2, -0.15) is 0 Å². The molecule has 0 aliphatic heterocycles. The smallest absolute Gasteiger partial charge is 0.0620 e. The van der Waals surface area contributed by atoms with Crippen LogP contribution in [0.25, 0.3) is 38.3 Å². The summed E-state index contributed by atoms with van der Waals surface area (Å²) in [5.41, 5.74) is 3.50. The van der Waals surface area contributed by atoms with Crippen molar-refractivity contribution in [3.8, 4) is 5.69 Å². The van der Waals surface area contributed by atoms with Gasteiger partial charge in [0, 0.05) is 21.8 Å². The molecule has 0 saturated carbocycles. The number of hydrogen-bond donors (Lipinski definition) is 0. The van der Waals surface area contributed by atoms with E-state index in [1.165, 1.54) is 21.7 Å². The van der Waals surface area contributed by atoms with Gasteiger partial charge in [0.1, 0.15) is 0 Å². The maximum Gasteiger partial charge on any atom is 0.0620 e. The lowest BCUT2D eigenvalue weighted by molar-refractivity contribution is 1.19. The van der Waals surface area contributed by atoms with Crippen LogP contribution in [0, 0.1) is 0 Å². The molecule has 0 N–H and O–H groups in total. The number of para-hydroxylation sites is 1. The van der Waals surface area contributed by atoms with E-state index in [0.717, 1.165) is 21.6 Å². The Labute approximate surface area is 144 Å². The van der Waals surface area contributed by atoms with Crippen LogP contribution in [0.5, 0.6) is 0 Å².